The van der Waals surface area contributed by atoms with E-state index in [1.165, 1.54) is 0 Å². The third kappa shape index (κ3) is 1.36. The van der Waals surface area contributed by atoms with Gasteiger partial charge in [-0.3, -0.25) is 9.94 Å². The summed E-state index contributed by atoms with van der Waals surface area (Å²) >= 11 is 3.28. The van der Waals surface area contributed by atoms with E-state index in [0.29, 0.717) is 0 Å². The van der Waals surface area contributed by atoms with Crippen LogP contribution in [0.4, 0.5) is 0 Å². The molecule has 0 bridgehead atoms. The third-order valence-electron chi connectivity index (χ3n) is 1.23. The van der Waals surface area contributed by atoms with Gasteiger partial charge in [-0.05, 0) is 22.9 Å². The van der Waals surface area contributed by atoms with Gasteiger partial charge in [-0.15, -0.1) is 0 Å². The number of hydrogen-bond donors (Lipinski definition) is 2. The molecule has 0 saturated heterocycles. The smallest absolute Gasteiger partial charge is 0.118 e. The summed E-state index contributed by atoms with van der Waals surface area (Å²) in [5.74, 6) is 4.96. The summed E-state index contributed by atoms with van der Waals surface area (Å²) in [5, 5.41) is 6.54. The summed E-state index contributed by atoms with van der Waals surface area (Å²) < 4.78 is 0.880. The highest BCUT2D eigenvalue weighted by Gasteiger charge is 2.09. The van der Waals surface area contributed by atoms with Gasteiger partial charge in [0.15, 0.2) is 0 Å². The minimum absolute atomic E-state index is 0.156. The van der Waals surface area contributed by atoms with Crippen LogP contribution in [-0.2, 0) is 4.84 Å². The van der Waals surface area contributed by atoms with Gasteiger partial charge < -0.3 is 0 Å². The van der Waals surface area contributed by atoms with E-state index < -0.39 is 0 Å². The van der Waals surface area contributed by atoms with E-state index in [1.807, 2.05) is 6.92 Å². The van der Waals surface area contributed by atoms with Crippen molar-refractivity contribution in [1.29, 1.82) is 0 Å². The molecule has 0 fully saturated rings. The van der Waals surface area contributed by atoms with Crippen molar-refractivity contribution in [2.75, 3.05) is 0 Å². The standard InChI is InChI=1S/C5H8BrN3O/c1-3(10-7)5-4(6)2-8-9-5/h2-3H,7H2,1H3,(H,8,9). The van der Waals surface area contributed by atoms with Crippen LogP contribution in [0.5, 0.6) is 0 Å². The number of nitrogens with two attached hydrogens (primary N) is 1. The minimum Gasteiger partial charge on any atom is -0.295 e. The third-order valence-corrected chi connectivity index (χ3v) is 1.86. The van der Waals surface area contributed by atoms with Gasteiger partial charge in [0.2, 0.25) is 0 Å². The number of nitrogens with zero attached hydrogens (tertiary/aromatic N) is 1. The molecular formula is C5H8BrN3O. The maximum atomic E-state index is 4.96. The van der Waals surface area contributed by atoms with Crippen LogP contribution in [0.2, 0.25) is 0 Å². The second kappa shape index (κ2) is 3.14. The zero-order valence-electron chi connectivity index (χ0n) is 5.47. The SMILES string of the molecule is CC(ON)c1[nH]ncc1Br. The van der Waals surface area contributed by atoms with Crippen molar-refractivity contribution in [1.82, 2.24) is 10.2 Å². The lowest BCUT2D eigenvalue weighted by atomic mass is 10.3. The fraction of sp³-hybridized carbons (Fsp3) is 0.400. The molecule has 10 heavy (non-hydrogen) atoms. The van der Waals surface area contributed by atoms with Crippen LogP contribution in [-0.4, -0.2) is 10.2 Å². The molecule has 1 atom stereocenters. The average Bonchev–Trinajstić information content (AvgIpc) is 2.34. The molecule has 1 rings (SSSR count). The molecule has 56 valence electrons. The average molecular weight is 206 g/mol. The monoisotopic (exact) mass is 205 g/mol. The maximum Gasteiger partial charge on any atom is 0.118 e. The minimum atomic E-state index is -0.156. The number of aromatic nitrogens is 2. The van der Waals surface area contributed by atoms with Crippen molar-refractivity contribution < 1.29 is 4.84 Å². The summed E-state index contributed by atoms with van der Waals surface area (Å²) in [5.41, 5.74) is 0.850. The van der Waals surface area contributed by atoms with E-state index in [0.717, 1.165) is 10.2 Å². The fourth-order valence-corrected chi connectivity index (χ4v) is 1.15. The lowest BCUT2D eigenvalue weighted by molar-refractivity contribution is 0.0629. The largest absolute Gasteiger partial charge is 0.295 e. The quantitative estimate of drug-likeness (QED) is 0.712. The van der Waals surface area contributed by atoms with Crippen molar-refractivity contribution in [2.24, 2.45) is 5.90 Å². The topological polar surface area (TPSA) is 63.9 Å². The predicted octanol–water partition coefficient (Wildman–Crippen LogP) is 1.12. The Morgan fingerprint density at radius 3 is 3.00 bits per heavy atom. The van der Waals surface area contributed by atoms with Crippen molar-refractivity contribution in [2.45, 2.75) is 13.0 Å². The second-order valence-corrected chi connectivity index (χ2v) is 2.76. The fourth-order valence-electron chi connectivity index (χ4n) is 0.635. The van der Waals surface area contributed by atoms with Crippen LogP contribution in [0, 0.1) is 0 Å². The van der Waals surface area contributed by atoms with E-state index in [1.54, 1.807) is 6.20 Å². The first-order chi connectivity index (χ1) is 4.75. The molecule has 1 aromatic heterocycles. The molecule has 0 aliphatic heterocycles. The van der Waals surface area contributed by atoms with Crippen molar-refractivity contribution in [3.05, 3.63) is 16.4 Å². The Labute approximate surface area is 66.8 Å². The highest BCUT2D eigenvalue weighted by atomic mass is 79.9. The van der Waals surface area contributed by atoms with Crippen LogP contribution in [0.25, 0.3) is 0 Å². The Morgan fingerprint density at radius 2 is 2.60 bits per heavy atom. The first-order valence-electron chi connectivity index (χ1n) is 2.80. The number of rotatable bonds is 2. The number of hydrogen-bond acceptors (Lipinski definition) is 3. The summed E-state index contributed by atoms with van der Waals surface area (Å²) in [6.45, 7) is 1.83. The molecule has 1 unspecified atom stereocenters. The molecule has 0 aliphatic rings. The van der Waals surface area contributed by atoms with Crippen LogP contribution in [0.1, 0.15) is 18.7 Å². The lowest BCUT2D eigenvalue weighted by Gasteiger charge is -2.04. The summed E-state index contributed by atoms with van der Waals surface area (Å²) in [4.78, 5) is 4.57. The highest BCUT2D eigenvalue weighted by molar-refractivity contribution is 9.10. The second-order valence-electron chi connectivity index (χ2n) is 1.91. The molecule has 0 spiro atoms. The molecule has 5 heteroatoms. The van der Waals surface area contributed by atoms with Gasteiger partial charge in [0.1, 0.15) is 6.10 Å². The molecule has 0 aromatic carbocycles. The van der Waals surface area contributed by atoms with E-state index in [9.17, 15) is 0 Å². The molecular weight excluding hydrogens is 198 g/mol. The molecule has 3 N–H and O–H groups in total. The Bertz CT molecular complexity index is 212. The number of nitrogens with one attached hydrogen (secondary N) is 1. The Hall–Kier alpha value is -0.390. The van der Waals surface area contributed by atoms with Gasteiger partial charge in [0, 0.05) is 0 Å². The van der Waals surface area contributed by atoms with Crippen LogP contribution in [0.3, 0.4) is 0 Å². The summed E-state index contributed by atoms with van der Waals surface area (Å²) in [7, 11) is 0. The highest BCUT2D eigenvalue weighted by Crippen LogP contribution is 2.20. The Kier molecular flexibility index (Phi) is 2.42. The van der Waals surface area contributed by atoms with Gasteiger partial charge in [-0.2, -0.15) is 5.10 Å². The molecule has 4 nitrogen and oxygen atoms in total. The van der Waals surface area contributed by atoms with Gasteiger partial charge in [0.25, 0.3) is 0 Å². The van der Waals surface area contributed by atoms with E-state index in [-0.39, 0.29) is 6.10 Å². The summed E-state index contributed by atoms with van der Waals surface area (Å²) in [6, 6.07) is 0. The molecule has 0 radical (unpaired) electrons. The van der Waals surface area contributed by atoms with E-state index >= 15 is 0 Å². The van der Waals surface area contributed by atoms with Gasteiger partial charge in [-0.1, -0.05) is 0 Å². The maximum absolute atomic E-state index is 4.96. The zero-order valence-corrected chi connectivity index (χ0v) is 7.05. The first kappa shape index (κ1) is 7.71. The number of halogens is 1. The molecule has 1 heterocycles. The van der Waals surface area contributed by atoms with Crippen LogP contribution < -0.4 is 5.90 Å². The Morgan fingerprint density at radius 1 is 1.90 bits per heavy atom. The van der Waals surface area contributed by atoms with Gasteiger partial charge >= 0.3 is 0 Å². The summed E-state index contributed by atoms with van der Waals surface area (Å²) in [6.07, 6.45) is 1.50. The van der Waals surface area contributed by atoms with Crippen LogP contribution >= 0.6 is 15.9 Å². The first-order valence-corrected chi connectivity index (χ1v) is 3.59. The van der Waals surface area contributed by atoms with E-state index in [2.05, 4.69) is 31.0 Å². The van der Waals surface area contributed by atoms with Gasteiger partial charge in [0.05, 0.1) is 16.4 Å². The lowest BCUT2D eigenvalue weighted by Crippen LogP contribution is -2.06. The van der Waals surface area contributed by atoms with E-state index in [4.69, 9.17) is 5.90 Å². The Balaban J connectivity index is 2.82. The number of H-pyrrole nitrogens is 1. The zero-order chi connectivity index (χ0) is 7.56. The molecule has 0 aliphatic carbocycles. The van der Waals surface area contributed by atoms with Crippen molar-refractivity contribution >= 4 is 15.9 Å². The normalized spacial score (nSPS) is 13.5. The predicted molar refractivity (Wildman–Crippen MR) is 40.0 cm³/mol. The van der Waals surface area contributed by atoms with Crippen molar-refractivity contribution in [3.8, 4) is 0 Å². The molecule has 0 amide bonds. The molecule has 0 saturated carbocycles. The van der Waals surface area contributed by atoms with Crippen molar-refractivity contribution in [3.63, 3.8) is 0 Å². The van der Waals surface area contributed by atoms with Gasteiger partial charge in [-0.25, -0.2) is 5.90 Å². The van der Waals surface area contributed by atoms with Crippen LogP contribution in [0.15, 0.2) is 10.7 Å². The molecule has 1 aromatic rings. The number of aromatic amines is 1.